The summed E-state index contributed by atoms with van der Waals surface area (Å²) in [7, 11) is 1.55. The normalized spacial score (nSPS) is 24.0. The Morgan fingerprint density at radius 1 is 1.52 bits per heavy atom. The predicted octanol–water partition coefficient (Wildman–Crippen LogP) is 0.992. The second kappa shape index (κ2) is 6.78. The van der Waals surface area contributed by atoms with Crippen LogP contribution in [0.4, 0.5) is 0 Å². The molecule has 2 unspecified atom stereocenters. The summed E-state index contributed by atoms with van der Waals surface area (Å²) < 4.78 is 5.23. The summed E-state index contributed by atoms with van der Waals surface area (Å²) in [6.07, 6.45) is 0.592. The summed E-state index contributed by atoms with van der Waals surface area (Å²) in [4.78, 5) is 2.30. The lowest BCUT2D eigenvalue weighted by molar-refractivity contribution is 0.0320. The minimum atomic E-state index is -0.204. The maximum atomic E-state index is 9.78. The topological polar surface area (TPSA) is 91.3 Å². The van der Waals surface area contributed by atoms with Crippen LogP contribution < -0.4 is 10.5 Å². The lowest BCUT2D eigenvalue weighted by Gasteiger charge is -2.34. The molecule has 0 spiro atoms. The zero-order valence-electron chi connectivity index (χ0n) is 12.5. The number of hydrogen-bond donors (Lipinski definition) is 3. The van der Waals surface area contributed by atoms with E-state index in [0.29, 0.717) is 11.3 Å². The maximum Gasteiger partial charge on any atom is 0.173 e. The van der Waals surface area contributed by atoms with Gasteiger partial charge in [-0.15, -0.1) is 0 Å². The van der Waals surface area contributed by atoms with E-state index in [4.69, 9.17) is 15.7 Å². The predicted molar refractivity (Wildman–Crippen MR) is 80.6 cm³/mol. The van der Waals surface area contributed by atoms with E-state index in [9.17, 15) is 5.11 Å². The van der Waals surface area contributed by atoms with Gasteiger partial charge in [0.2, 0.25) is 0 Å². The molecule has 116 valence electrons. The van der Waals surface area contributed by atoms with Crippen LogP contribution in [0.15, 0.2) is 23.4 Å². The first kappa shape index (κ1) is 15.6. The monoisotopic (exact) mass is 293 g/mol. The zero-order valence-corrected chi connectivity index (χ0v) is 12.5. The second-order valence-corrected chi connectivity index (χ2v) is 5.59. The first-order chi connectivity index (χ1) is 10.0. The Hall–Kier alpha value is -1.79. The average Bonchev–Trinajstić information content (AvgIpc) is 2.50. The van der Waals surface area contributed by atoms with Crippen LogP contribution >= 0.6 is 0 Å². The van der Waals surface area contributed by atoms with Gasteiger partial charge in [0.25, 0.3) is 0 Å². The minimum absolute atomic E-state index is 0.0381. The van der Waals surface area contributed by atoms with Crippen molar-refractivity contribution < 1.29 is 15.1 Å². The van der Waals surface area contributed by atoms with Gasteiger partial charge in [-0.1, -0.05) is 18.1 Å². The van der Waals surface area contributed by atoms with Crippen molar-refractivity contribution in [1.29, 1.82) is 0 Å². The van der Waals surface area contributed by atoms with Crippen molar-refractivity contribution in [3.8, 4) is 5.75 Å². The van der Waals surface area contributed by atoms with E-state index in [1.165, 1.54) is 0 Å². The lowest BCUT2D eigenvalue weighted by atomic mass is 9.96. The SMILES string of the molecule is COc1ccc(CN2CCC(O)C(C)C2)cc1/C(N)=N/O. The number of nitrogens with two attached hydrogens (primary N) is 1. The molecule has 1 aliphatic rings. The van der Waals surface area contributed by atoms with Gasteiger partial charge in [-0.05, 0) is 30.0 Å². The van der Waals surface area contributed by atoms with Gasteiger partial charge < -0.3 is 20.8 Å². The van der Waals surface area contributed by atoms with Gasteiger partial charge in [0.1, 0.15) is 5.75 Å². The highest BCUT2D eigenvalue weighted by atomic mass is 16.5. The number of hydrogen-bond acceptors (Lipinski definition) is 5. The van der Waals surface area contributed by atoms with Crippen LogP contribution in [0.5, 0.6) is 5.75 Å². The zero-order chi connectivity index (χ0) is 15.4. The number of aliphatic hydroxyl groups excluding tert-OH is 1. The number of nitrogens with zero attached hydrogens (tertiary/aromatic N) is 2. The number of likely N-dealkylation sites (tertiary alicyclic amines) is 1. The Balaban J connectivity index is 2.14. The molecule has 6 heteroatoms. The van der Waals surface area contributed by atoms with E-state index in [1.54, 1.807) is 7.11 Å². The van der Waals surface area contributed by atoms with Crippen molar-refractivity contribution in [2.45, 2.75) is 26.0 Å². The molecule has 21 heavy (non-hydrogen) atoms. The lowest BCUT2D eigenvalue weighted by Crippen LogP contribution is -2.41. The fourth-order valence-corrected chi connectivity index (χ4v) is 2.73. The Morgan fingerprint density at radius 2 is 2.29 bits per heavy atom. The molecule has 6 nitrogen and oxygen atoms in total. The Bertz CT molecular complexity index is 519. The maximum absolute atomic E-state index is 9.78. The number of aliphatic hydroxyl groups is 1. The second-order valence-electron chi connectivity index (χ2n) is 5.59. The molecule has 1 aromatic rings. The van der Waals surface area contributed by atoms with E-state index in [0.717, 1.165) is 31.6 Å². The fraction of sp³-hybridized carbons (Fsp3) is 0.533. The fourth-order valence-electron chi connectivity index (χ4n) is 2.73. The molecule has 1 aromatic carbocycles. The van der Waals surface area contributed by atoms with Gasteiger partial charge in [-0.3, -0.25) is 4.90 Å². The molecule has 1 aliphatic heterocycles. The smallest absolute Gasteiger partial charge is 0.173 e. The summed E-state index contributed by atoms with van der Waals surface area (Å²) in [6, 6.07) is 5.68. The Kier molecular flexibility index (Phi) is 5.03. The van der Waals surface area contributed by atoms with Crippen LogP contribution in [0.2, 0.25) is 0 Å². The molecule has 0 bridgehead atoms. The third-order valence-corrected chi connectivity index (χ3v) is 4.00. The number of ether oxygens (including phenoxy) is 1. The summed E-state index contributed by atoms with van der Waals surface area (Å²) in [5.41, 5.74) is 7.34. The molecule has 1 fully saturated rings. The van der Waals surface area contributed by atoms with Gasteiger partial charge in [-0.2, -0.15) is 0 Å². The summed E-state index contributed by atoms with van der Waals surface area (Å²) in [5, 5.41) is 21.7. The molecular formula is C15H23N3O3. The van der Waals surface area contributed by atoms with Crippen LogP contribution in [-0.2, 0) is 6.54 Å². The van der Waals surface area contributed by atoms with E-state index in [2.05, 4.69) is 17.0 Å². The number of rotatable bonds is 4. The summed E-state index contributed by atoms with van der Waals surface area (Å²) in [6.45, 7) is 4.57. The van der Waals surface area contributed by atoms with Crippen LogP contribution in [0, 0.1) is 5.92 Å². The highest BCUT2D eigenvalue weighted by molar-refractivity contribution is 5.99. The van der Waals surface area contributed by atoms with E-state index >= 15 is 0 Å². The average molecular weight is 293 g/mol. The molecule has 2 rings (SSSR count). The molecule has 0 aliphatic carbocycles. The molecule has 0 saturated carbocycles. The number of methoxy groups -OCH3 is 1. The molecule has 1 saturated heterocycles. The van der Waals surface area contributed by atoms with Crippen LogP contribution in [-0.4, -0.2) is 47.4 Å². The van der Waals surface area contributed by atoms with Crippen LogP contribution in [0.3, 0.4) is 0 Å². The van der Waals surface area contributed by atoms with Crippen molar-refractivity contribution in [2.75, 3.05) is 20.2 Å². The van der Waals surface area contributed by atoms with Crippen LogP contribution in [0.1, 0.15) is 24.5 Å². The first-order valence-corrected chi connectivity index (χ1v) is 7.10. The summed E-state index contributed by atoms with van der Waals surface area (Å²) >= 11 is 0. The molecule has 0 aromatic heterocycles. The summed E-state index contributed by atoms with van der Waals surface area (Å²) in [5.74, 6) is 0.896. The highest BCUT2D eigenvalue weighted by Gasteiger charge is 2.24. The van der Waals surface area contributed by atoms with Crippen molar-refractivity contribution in [3.05, 3.63) is 29.3 Å². The van der Waals surface area contributed by atoms with E-state index < -0.39 is 0 Å². The van der Waals surface area contributed by atoms with Crippen molar-refractivity contribution in [2.24, 2.45) is 16.8 Å². The highest BCUT2D eigenvalue weighted by Crippen LogP contribution is 2.23. The molecule has 1 heterocycles. The molecule has 4 N–H and O–H groups in total. The van der Waals surface area contributed by atoms with Gasteiger partial charge >= 0.3 is 0 Å². The first-order valence-electron chi connectivity index (χ1n) is 7.10. The molecule has 0 amide bonds. The largest absolute Gasteiger partial charge is 0.496 e. The minimum Gasteiger partial charge on any atom is -0.496 e. The van der Waals surface area contributed by atoms with Crippen molar-refractivity contribution in [1.82, 2.24) is 4.90 Å². The molecule has 0 radical (unpaired) electrons. The number of amidine groups is 1. The van der Waals surface area contributed by atoms with Gasteiger partial charge in [0.05, 0.1) is 18.8 Å². The van der Waals surface area contributed by atoms with Gasteiger partial charge in [0, 0.05) is 19.6 Å². The van der Waals surface area contributed by atoms with Crippen molar-refractivity contribution >= 4 is 5.84 Å². The molecule has 2 atom stereocenters. The van der Waals surface area contributed by atoms with E-state index in [1.807, 2.05) is 18.2 Å². The quantitative estimate of drug-likeness (QED) is 0.333. The molecular weight excluding hydrogens is 270 g/mol. The Labute approximate surface area is 124 Å². The third kappa shape index (κ3) is 3.65. The number of benzene rings is 1. The van der Waals surface area contributed by atoms with E-state index in [-0.39, 0.29) is 17.9 Å². The van der Waals surface area contributed by atoms with Gasteiger partial charge in [-0.25, -0.2) is 0 Å². The van der Waals surface area contributed by atoms with Crippen LogP contribution in [0.25, 0.3) is 0 Å². The van der Waals surface area contributed by atoms with Crippen molar-refractivity contribution in [3.63, 3.8) is 0 Å². The number of oxime groups is 1. The standard InChI is InChI=1S/C15H23N3O3/c1-10-8-18(6-5-13(10)19)9-11-3-4-14(21-2)12(7-11)15(16)17-20/h3-4,7,10,13,19-20H,5-6,8-9H2,1-2H3,(H2,16,17). The number of piperidine rings is 1. The van der Waals surface area contributed by atoms with Gasteiger partial charge in [0.15, 0.2) is 5.84 Å². The third-order valence-electron chi connectivity index (χ3n) is 4.00. The Morgan fingerprint density at radius 3 is 2.90 bits per heavy atom.